The fraction of sp³-hybridized carbons (Fsp3) is 0.375. The number of carbonyl (C=O) groups excluding carboxylic acids is 1. The lowest BCUT2D eigenvalue weighted by Crippen LogP contribution is -2.07. The summed E-state index contributed by atoms with van der Waals surface area (Å²) in [4.78, 5) is 13.1. The van der Waals surface area contributed by atoms with Crippen LogP contribution in [0.1, 0.15) is 62.1 Å². The molecule has 0 bridgehead atoms. The molecule has 2 aromatic carbocycles. The van der Waals surface area contributed by atoms with Crippen LogP contribution < -0.4 is 10.1 Å². The maximum Gasteiger partial charge on any atom is 0.230 e. The molecule has 0 spiro atoms. The van der Waals surface area contributed by atoms with Crippen LogP contribution in [0.25, 0.3) is 11.0 Å². The first-order valence-electron chi connectivity index (χ1n) is 10.3. The van der Waals surface area contributed by atoms with Crippen molar-refractivity contribution in [2.45, 2.75) is 46.0 Å². The number of unbranched alkanes of at least 4 members (excludes halogenated alkanes) is 4. The Kier molecular flexibility index (Phi) is 7.12. The molecule has 0 atom stereocenters. The maximum atomic E-state index is 13.1. The van der Waals surface area contributed by atoms with E-state index in [1.165, 1.54) is 25.7 Å². The lowest BCUT2D eigenvalue weighted by molar-refractivity contribution is 0.101. The third-order valence-corrected chi connectivity index (χ3v) is 4.81. The Bertz CT molecular complexity index is 896. The predicted molar refractivity (Wildman–Crippen MR) is 115 cm³/mol. The Morgan fingerprint density at radius 3 is 2.46 bits per heavy atom. The summed E-state index contributed by atoms with van der Waals surface area (Å²) in [6.07, 6.45) is 6.04. The Morgan fingerprint density at radius 1 is 0.964 bits per heavy atom. The molecule has 1 N–H and O–H groups in total. The monoisotopic (exact) mass is 379 g/mol. The summed E-state index contributed by atoms with van der Waals surface area (Å²) in [5, 5.41) is 4.41. The van der Waals surface area contributed by atoms with Gasteiger partial charge in [0.25, 0.3) is 0 Å². The summed E-state index contributed by atoms with van der Waals surface area (Å²) >= 11 is 0. The zero-order valence-corrected chi connectivity index (χ0v) is 16.8. The molecule has 1 aromatic heterocycles. The molecule has 3 aromatic rings. The van der Waals surface area contributed by atoms with E-state index in [1.54, 1.807) is 12.1 Å². The van der Waals surface area contributed by atoms with Crippen LogP contribution >= 0.6 is 0 Å². The second-order valence-electron chi connectivity index (χ2n) is 6.93. The summed E-state index contributed by atoms with van der Waals surface area (Å²) in [5.41, 5.74) is 2.11. The SMILES string of the molecule is CCCCCCCNc1c(C(=O)c2ccc(OCC)cc2)oc2ccccc12. The highest BCUT2D eigenvalue weighted by Gasteiger charge is 2.21. The number of anilines is 1. The molecule has 0 aliphatic heterocycles. The zero-order valence-electron chi connectivity index (χ0n) is 16.8. The van der Waals surface area contributed by atoms with Gasteiger partial charge >= 0.3 is 0 Å². The van der Waals surface area contributed by atoms with Gasteiger partial charge in [-0.15, -0.1) is 0 Å². The molecule has 0 radical (unpaired) electrons. The van der Waals surface area contributed by atoms with Gasteiger partial charge in [-0.3, -0.25) is 4.79 Å². The Morgan fingerprint density at radius 2 is 1.71 bits per heavy atom. The first-order chi connectivity index (χ1) is 13.7. The van der Waals surface area contributed by atoms with E-state index in [0.29, 0.717) is 17.9 Å². The van der Waals surface area contributed by atoms with Gasteiger partial charge in [-0.05, 0) is 49.7 Å². The average molecular weight is 380 g/mol. The van der Waals surface area contributed by atoms with Gasteiger partial charge in [0.05, 0.1) is 12.3 Å². The Hall–Kier alpha value is -2.75. The van der Waals surface area contributed by atoms with Crippen molar-refractivity contribution < 1.29 is 13.9 Å². The topological polar surface area (TPSA) is 51.5 Å². The second kappa shape index (κ2) is 9.98. The highest BCUT2D eigenvalue weighted by Crippen LogP contribution is 2.32. The van der Waals surface area contributed by atoms with E-state index in [2.05, 4.69) is 12.2 Å². The molecule has 0 unspecified atom stereocenters. The van der Waals surface area contributed by atoms with Crippen LogP contribution in [-0.4, -0.2) is 18.9 Å². The van der Waals surface area contributed by atoms with Crippen LogP contribution in [0.2, 0.25) is 0 Å². The number of ketones is 1. The molecular formula is C24H29NO3. The maximum absolute atomic E-state index is 13.1. The molecule has 0 aliphatic carbocycles. The van der Waals surface area contributed by atoms with Crippen LogP contribution in [0.3, 0.4) is 0 Å². The van der Waals surface area contributed by atoms with E-state index in [-0.39, 0.29) is 5.78 Å². The molecule has 148 valence electrons. The zero-order chi connectivity index (χ0) is 19.8. The van der Waals surface area contributed by atoms with Crippen LogP contribution in [0.15, 0.2) is 52.9 Å². The number of benzene rings is 2. The number of nitrogens with one attached hydrogen (secondary N) is 1. The molecule has 0 aliphatic rings. The fourth-order valence-electron chi connectivity index (χ4n) is 3.32. The number of rotatable bonds is 11. The number of carbonyl (C=O) groups is 1. The number of para-hydroxylation sites is 1. The lowest BCUT2D eigenvalue weighted by atomic mass is 10.1. The molecule has 3 rings (SSSR count). The van der Waals surface area contributed by atoms with Gasteiger partial charge < -0.3 is 14.5 Å². The molecular weight excluding hydrogens is 350 g/mol. The van der Waals surface area contributed by atoms with E-state index < -0.39 is 0 Å². The Labute approximate surface area is 166 Å². The highest BCUT2D eigenvalue weighted by molar-refractivity contribution is 6.14. The smallest absolute Gasteiger partial charge is 0.230 e. The first kappa shape index (κ1) is 20.0. The van der Waals surface area contributed by atoms with Crippen molar-refractivity contribution in [3.63, 3.8) is 0 Å². The number of hydrogen-bond acceptors (Lipinski definition) is 4. The number of fused-ring (bicyclic) bond motifs is 1. The van der Waals surface area contributed by atoms with Crippen LogP contribution in [0, 0.1) is 0 Å². The van der Waals surface area contributed by atoms with Crippen LogP contribution in [0.5, 0.6) is 5.75 Å². The molecule has 28 heavy (non-hydrogen) atoms. The van der Waals surface area contributed by atoms with Gasteiger partial charge in [0.2, 0.25) is 5.78 Å². The first-order valence-corrected chi connectivity index (χ1v) is 10.3. The summed E-state index contributed by atoms with van der Waals surface area (Å²) < 4.78 is 11.4. The van der Waals surface area contributed by atoms with Gasteiger partial charge in [-0.2, -0.15) is 0 Å². The summed E-state index contributed by atoms with van der Waals surface area (Å²) in [7, 11) is 0. The van der Waals surface area contributed by atoms with Crippen molar-refractivity contribution in [2.24, 2.45) is 0 Å². The number of hydrogen-bond donors (Lipinski definition) is 1. The molecule has 4 nitrogen and oxygen atoms in total. The van der Waals surface area contributed by atoms with Crippen LogP contribution in [0.4, 0.5) is 5.69 Å². The van der Waals surface area contributed by atoms with E-state index in [4.69, 9.17) is 9.15 Å². The van der Waals surface area contributed by atoms with Gasteiger partial charge in [-0.25, -0.2) is 0 Å². The average Bonchev–Trinajstić information content (AvgIpc) is 3.09. The summed E-state index contributed by atoms with van der Waals surface area (Å²) in [6.45, 7) is 5.59. The van der Waals surface area contributed by atoms with Gasteiger partial charge in [0.1, 0.15) is 11.3 Å². The highest BCUT2D eigenvalue weighted by atomic mass is 16.5. The second-order valence-corrected chi connectivity index (χ2v) is 6.93. The summed E-state index contributed by atoms with van der Waals surface area (Å²) in [5.74, 6) is 1.01. The van der Waals surface area contributed by atoms with E-state index in [0.717, 1.165) is 35.4 Å². The molecule has 4 heteroatoms. The molecule has 0 fully saturated rings. The van der Waals surface area contributed by atoms with Crippen molar-refractivity contribution in [1.29, 1.82) is 0 Å². The van der Waals surface area contributed by atoms with Crippen molar-refractivity contribution in [1.82, 2.24) is 0 Å². The third-order valence-electron chi connectivity index (χ3n) is 4.81. The standard InChI is InChI=1S/C24H29NO3/c1-3-5-6-7-10-17-25-22-20-11-8-9-12-21(20)28-24(22)23(26)18-13-15-19(16-14-18)27-4-2/h8-9,11-16,25H,3-7,10,17H2,1-2H3. The van der Waals surface area contributed by atoms with Crippen molar-refractivity contribution >= 4 is 22.4 Å². The van der Waals surface area contributed by atoms with Gasteiger partial charge in [0, 0.05) is 17.5 Å². The van der Waals surface area contributed by atoms with Crippen molar-refractivity contribution in [2.75, 3.05) is 18.5 Å². The minimum atomic E-state index is -0.118. The third kappa shape index (κ3) is 4.75. The minimum absolute atomic E-state index is 0.118. The lowest BCUT2D eigenvalue weighted by Gasteiger charge is -2.08. The van der Waals surface area contributed by atoms with E-state index in [1.807, 2.05) is 43.3 Å². The normalized spacial score (nSPS) is 10.9. The van der Waals surface area contributed by atoms with Gasteiger partial charge in [0.15, 0.2) is 5.76 Å². The van der Waals surface area contributed by atoms with Crippen molar-refractivity contribution in [3.8, 4) is 5.75 Å². The number of furan rings is 1. The molecule has 0 saturated heterocycles. The quantitative estimate of drug-likeness (QED) is 0.307. The minimum Gasteiger partial charge on any atom is -0.494 e. The number of ether oxygens (including phenoxy) is 1. The molecule has 0 amide bonds. The summed E-state index contributed by atoms with van der Waals surface area (Å²) in [6, 6.07) is 15.0. The van der Waals surface area contributed by atoms with Crippen molar-refractivity contribution in [3.05, 3.63) is 59.9 Å². The molecule has 0 saturated carbocycles. The largest absolute Gasteiger partial charge is 0.494 e. The predicted octanol–water partition coefficient (Wildman–Crippen LogP) is 6.44. The van der Waals surface area contributed by atoms with E-state index in [9.17, 15) is 4.79 Å². The van der Waals surface area contributed by atoms with Crippen LogP contribution in [-0.2, 0) is 0 Å². The Balaban J connectivity index is 1.80. The van der Waals surface area contributed by atoms with Gasteiger partial charge in [-0.1, -0.05) is 44.7 Å². The fourth-order valence-corrected chi connectivity index (χ4v) is 3.32. The van der Waals surface area contributed by atoms with E-state index >= 15 is 0 Å². The molecule has 1 heterocycles.